The molecule has 0 radical (unpaired) electrons. The quantitative estimate of drug-likeness (QED) is 0.368. The van der Waals surface area contributed by atoms with Gasteiger partial charge in [0.1, 0.15) is 0 Å². The highest BCUT2D eigenvalue weighted by Gasteiger charge is 2.33. The van der Waals surface area contributed by atoms with Gasteiger partial charge in [0.15, 0.2) is 0 Å². The highest BCUT2D eigenvalue weighted by molar-refractivity contribution is 14.1. The van der Waals surface area contributed by atoms with E-state index in [-0.39, 0.29) is 11.5 Å². The first-order valence-corrected chi connectivity index (χ1v) is 5.37. The molecule has 92 valence electrons. The number of nitrogens with two attached hydrogens (primary N) is 2. The largest absolute Gasteiger partial charge is 0.417 e. The van der Waals surface area contributed by atoms with Gasteiger partial charge < -0.3 is 11.5 Å². The van der Waals surface area contributed by atoms with Gasteiger partial charge in [-0.25, -0.2) is 0 Å². The van der Waals surface area contributed by atoms with E-state index in [0.29, 0.717) is 3.57 Å². The van der Waals surface area contributed by atoms with Crippen molar-refractivity contribution in [2.45, 2.75) is 6.18 Å². The van der Waals surface area contributed by atoms with Crippen molar-refractivity contribution < 1.29 is 13.2 Å². The fourth-order valence-corrected chi connectivity index (χ4v) is 1.54. The van der Waals surface area contributed by atoms with Crippen molar-refractivity contribution in [3.05, 3.63) is 32.9 Å². The van der Waals surface area contributed by atoms with Crippen molar-refractivity contribution in [1.82, 2.24) is 0 Å². The molecular weight excluding hydrogens is 348 g/mol. The maximum atomic E-state index is 12.7. The molecule has 0 amide bonds. The highest BCUT2D eigenvalue weighted by atomic mass is 127. The molecule has 0 atom stereocenters. The van der Waals surface area contributed by atoms with Gasteiger partial charge in [-0.05, 0) is 34.7 Å². The third-order valence-electron chi connectivity index (χ3n) is 1.69. The summed E-state index contributed by atoms with van der Waals surface area (Å²) in [4.78, 5) is 0. The zero-order valence-corrected chi connectivity index (χ0v) is 10.5. The van der Waals surface area contributed by atoms with Gasteiger partial charge in [-0.15, -0.1) is 5.10 Å². The number of hydrogen-bond donors (Lipinski definition) is 2. The van der Waals surface area contributed by atoms with Gasteiger partial charge in [0, 0.05) is 9.13 Å². The van der Waals surface area contributed by atoms with Crippen LogP contribution in [0.3, 0.4) is 0 Å². The Morgan fingerprint density at radius 2 is 1.94 bits per heavy atom. The van der Waals surface area contributed by atoms with E-state index in [1.807, 2.05) is 0 Å². The summed E-state index contributed by atoms with van der Waals surface area (Å²) in [5, 5.41) is 6.59. The Labute approximate surface area is 109 Å². The second-order valence-corrected chi connectivity index (χ2v) is 4.24. The summed E-state index contributed by atoms with van der Waals surface area (Å²) in [5.74, 6) is -0.319. The molecule has 0 aliphatic rings. The second kappa shape index (κ2) is 5.34. The van der Waals surface area contributed by atoms with E-state index in [1.54, 1.807) is 22.6 Å². The van der Waals surface area contributed by atoms with Crippen LogP contribution in [0, 0.1) is 3.57 Å². The Morgan fingerprint density at radius 3 is 2.47 bits per heavy atom. The van der Waals surface area contributed by atoms with Gasteiger partial charge >= 0.3 is 6.18 Å². The Bertz CT molecular complexity index is 464. The molecule has 0 heterocycles. The minimum Gasteiger partial charge on any atom is -0.369 e. The first-order chi connectivity index (χ1) is 7.80. The normalized spacial score (nSPS) is 11.8. The summed E-state index contributed by atoms with van der Waals surface area (Å²) >= 11 is 1.80. The maximum absolute atomic E-state index is 12.7. The molecule has 0 unspecified atom stereocenters. The molecule has 0 spiro atoms. The molecule has 0 saturated heterocycles. The maximum Gasteiger partial charge on any atom is 0.417 e. The lowest BCUT2D eigenvalue weighted by Gasteiger charge is -2.09. The SMILES string of the molecule is NC(N)=NN=Cc1ccc(I)cc1C(F)(F)F. The minimum atomic E-state index is -4.44. The number of rotatable bonds is 2. The lowest BCUT2D eigenvalue weighted by molar-refractivity contribution is -0.137. The van der Waals surface area contributed by atoms with Gasteiger partial charge in [-0.3, -0.25) is 0 Å². The summed E-state index contributed by atoms with van der Waals surface area (Å²) in [5.41, 5.74) is 9.12. The van der Waals surface area contributed by atoms with Crippen LogP contribution in [-0.2, 0) is 6.18 Å². The van der Waals surface area contributed by atoms with Gasteiger partial charge in [0.25, 0.3) is 0 Å². The van der Waals surface area contributed by atoms with Crippen molar-refractivity contribution in [2.75, 3.05) is 0 Å². The van der Waals surface area contributed by atoms with Crippen molar-refractivity contribution in [3.8, 4) is 0 Å². The zero-order valence-electron chi connectivity index (χ0n) is 8.37. The van der Waals surface area contributed by atoms with Gasteiger partial charge in [0.2, 0.25) is 5.96 Å². The number of nitrogens with zero attached hydrogens (tertiary/aromatic N) is 2. The molecule has 1 aromatic carbocycles. The average Bonchev–Trinajstić information content (AvgIpc) is 2.18. The smallest absolute Gasteiger partial charge is 0.369 e. The van der Waals surface area contributed by atoms with Crippen LogP contribution in [-0.4, -0.2) is 12.2 Å². The van der Waals surface area contributed by atoms with Gasteiger partial charge in [-0.2, -0.15) is 18.3 Å². The molecule has 8 heteroatoms. The molecule has 4 N–H and O–H groups in total. The Morgan fingerprint density at radius 1 is 1.29 bits per heavy atom. The van der Waals surface area contributed by atoms with Crippen LogP contribution >= 0.6 is 22.6 Å². The van der Waals surface area contributed by atoms with Crippen molar-refractivity contribution in [3.63, 3.8) is 0 Å². The van der Waals surface area contributed by atoms with Gasteiger partial charge in [-0.1, -0.05) is 6.07 Å². The fourth-order valence-electron chi connectivity index (χ4n) is 1.04. The summed E-state index contributed by atoms with van der Waals surface area (Å²) in [7, 11) is 0. The Balaban J connectivity index is 3.16. The molecular formula is C9H8F3IN4. The number of guanidine groups is 1. The molecule has 1 rings (SSSR count). The summed E-state index contributed by atoms with van der Waals surface area (Å²) in [6.07, 6.45) is -3.49. The van der Waals surface area contributed by atoms with E-state index in [0.717, 1.165) is 12.3 Å². The van der Waals surface area contributed by atoms with Crippen LogP contribution in [0.25, 0.3) is 0 Å². The molecule has 0 fully saturated rings. The topological polar surface area (TPSA) is 76.8 Å². The van der Waals surface area contributed by atoms with E-state index < -0.39 is 11.7 Å². The second-order valence-electron chi connectivity index (χ2n) is 3.00. The lowest BCUT2D eigenvalue weighted by Crippen LogP contribution is -2.21. The fraction of sp³-hybridized carbons (Fsp3) is 0.111. The predicted octanol–water partition coefficient (Wildman–Crippen LogP) is 1.92. The molecule has 17 heavy (non-hydrogen) atoms. The number of alkyl halides is 3. The Kier molecular flexibility index (Phi) is 4.32. The van der Waals surface area contributed by atoms with E-state index in [2.05, 4.69) is 10.2 Å². The van der Waals surface area contributed by atoms with Crippen LogP contribution in [0.4, 0.5) is 13.2 Å². The number of halogens is 4. The molecule has 1 aromatic rings. The van der Waals surface area contributed by atoms with Crippen molar-refractivity contribution in [2.24, 2.45) is 21.7 Å². The molecule has 4 nitrogen and oxygen atoms in total. The van der Waals surface area contributed by atoms with Crippen molar-refractivity contribution >= 4 is 34.8 Å². The van der Waals surface area contributed by atoms with Crippen molar-refractivity contribution in [1.29, 1.82) is 0 Å². The van der Waals surface area contributed by atoms with E-state index >= 15 is 0 Å². The van der Waals surface area contributed by atoms with E-state index in [4.69, 9.17) is 11.5 Å². The number of benzene rings is 1. The van der Waals surface area contributed by atoms with Crippen LogP contribution in [0.15, 0.2) is 28.4 Å². The molecule has 0 aromatic heterocycles. The average molecular weight is 356 g/mol. The molecule has 0 saturated carbocycles. The summed E-state index contributed by atoms with van der Waals surface area (Å²) in [6, 6.07) is 3.86. The monoisotopic (exact) mass is 356 g/mol. The van der Waals surface area contributed by atoms with Crippen LogP contribution < -0.4 is 11.5 Å². The third kappa shape index (κ3) is 4.21. The molecule has 0 aliphatic heterocycles. The minimum absolute atomic E-state index is 0.0945. The standard InChI is InChI=1S/C9H8F3IN4/c10-9(11,12)7-3-6(13)2-1-5(7)4-16-17-8(14)15/h1-4H,(H4,14,15,17). The summed E-state index contributed by atoms with van der Waals surface area (Å²) < 4.78 is 38.5. The number of hydrogen-bond acceptors (Lipinski definition) is 2. The zero-order chi connectivity index (χ0) is 13.1. The molecule has 0 bridgehead atoms. The van der Waals surface area contributed by atoms with Crippen LogP contribution in [0.2, 0.25) is 0 Å². The first kappa shape index (κ1) is 13.7. The molecule has 0 aliphatic carbocycles. The van der Waals surface area contributed by atoms with E-state index in [1.165, 1.54) is 12.1 Å². The van der Waals surface area contributed by atoms with E-state index in [9.17, 15) is 13.2 Å². The Hall–Kier alpha value is -1.32. The highest BCUT2D eigenvalue weighted by Crippen LogP contribution is 2.32. The van der Waals surface area contributed by atoms with Crippen LogP contribution in [0.5, 0.6) is 0 Å². The first-order valence-electron chi connectivity index (χ1n) is 4.29. The summed E-state index contributed by atoms with van der Waals surface area (Å²) in [6.45, 7) is 0. The van der Waals surface area contributed by atoms with Gasteiger partial charge in [0.05, 0.1) is 11.8 Å². The lowest BCUT2D eigenvalue weighted by atomic mass is 10.1. The third-order valence-corrected chi connectivity index (χ3v) is 2.36. The predicted molar refractivity (Wildman–Crippen MR) is 67.6 cm³/mol. The van der Waals surface area contributed by atoms with Crippen LogP contribution in [0.1, 0.15) is 11.1 Å².